The summed E-state index contributed by atoms with van der Waals surface area (Å²) in [7, 11) is 0. The van der Waals surface area contributed by atoms with Crippen LogP contribution in [0.2, 0.25) is 0 Å². The molecule has 1 aliphatic heterocycles. The summed E-state index contributed by atoms with van der Waals surface area (Å²) < 4.78 is 34.8. The van der Waals surface area contributed by atoms with Crippen LogP contribution in [0.4, 0.5) is 13.6 Å². The first-order valence-electron chi connectivity index (χ1n) is 10.4. The number of benzene rings is 1. The summed E-state index contributed by atoms with van der Waals surface area (Å²) in [5.41, 5.74) is 1.81. The quantitative estimate of drug-likeness (QED) is 0.598. The Labute approximate surface area is 179 Å². The molecule has 1 amide bonds. The first-order valence-corrected chi connectivity index (χ1v) is 10.4. The minimum Gasteiger partial charge on any atom is -0.444 e. The summed E-state index contributed by atoms with van der Waals surface area (Å²) in [6.07, 6.45) is 7.30. The molecule has 0 N–H and O–H groups in total. The number of piperidine rings is 1. The van der Waals surface area contributed by atoms with Gasteiger partial charge < -0.3 is 9.64 Å². The van der Waals surface area contributed by atoms with Crippen molar-refractivity contribution in [2.24, 2.45) is 5.92 Å². The molecule has 0 radical (unpaired) electrons. The standard InChI is InChI=1S/C23H26F2N4O2/c1-23(2,3)31-22(30)28-8-6-15(7-9-28)10-17-14-29-20(12-27-21(29)13-26-17)18-5-4-16(24)11-19(18)25/h4-5,11-15H,6-10H2,1-3H3. The fourth-order valence-electron chi connectivity index (χ4n) is 3.87. The molecule has 31 heavy (non-hydrogen) atoms. The van der Waals surface area contributed by atoms with Crippen molar-refractivity contribution >= 4 is 11.7 Å². The van der Waals surface area contributed by atoms with Crippen LogP contribution in [0.3, 0.4) is 0 Å². The maximum absolute atomic E-state index is 14.3. The SMILES string of the molecule is CC(C)(C)OC(=O)N1CCC(Cc2cn3c(-c4ccc(F)cc4F)cnc3cn2)CC1. The van der Waals surface area contributed by atoms with Crippen LogP contribution >= 0.6 is 0 Å². The molecule has 0 aliphatic carbocycles. The van der Waals surface area contributed by atoms with E-state index in [9.17, 15) is 13.6 Å². The van der Waals surface area contributed by atoms with Crippen LogP contribution < -0.4 is 0 Å². The minimum absolute atomic E-state index is 0.269. The number of hydrogen-bond acceptors (Lipinski definition) is 4. The van der Waals surface area contributed by atoms with Crippen molar-refractivity contribution < 1.29 is 18.3 Å². The van der Waals surface area contributed by atoms with Gasteiger partial charge in [-0.3, -0.25) is 9.38 Å². The van der Waals surface area contributed by atoms with Gasteiger partial charge >= 0.3 is 6.09 Å². The minimum atomic E-state index is -0.630. The monoisotopic (exact) mass is 428 g/mol. The molecule has 0 saturated carbocycles. The third-order valence-corrected chi connectivity index (χ3v) is 5.42. The number of ether oxygens (including phenoxy) is 1. The third kappa shape index (κ3) is 4.84. The Bertz CT molecular complexity index is 1100. The van der Waals surface area contributed by atoms with Gasteiger partial charge in [-0.2, -0.15) is 0 Å². The average molecular weight is 428 g/mol. The number of aromatic nitrogens is 3. The molecular weight excluding hydrogens is 402 g/mol. The van der Waals surface area contributed by atoms with Gasteiger partial charge in [-0.05, 0) is 58.1 Å². The number of imidazole rings is 1. The second kappa shape index (κ2) is 8.24. The maximum Gasteiger partial charge on any atom is 0.410 e. The van der Waals surface area contributed by atoms with E-state index in [0.717, 1.165) is 31.0 Å². The van der Waals surface area contributed by atoms with Gasteiger partial charge in [-0.15, -0.1) is 0 Å². The van der Waals surface area contributed by atoms with E-state index in [1.54, 1.807) is 21.7 Å². The number of carbonyl (C=O) groups is 1. The zero-order chi connectivity index (χ0) is 22.2. The molecule has 1 aromatic carbocycles. The molecule has 1 aliphatic rings. The summed E-state index contributed by atoms with van der Waals surface area (Å²) in [5.74, 6) is -0.858. The molecule has 0 bridgehead atoms. The van der Waals surface area contributed by atoms with E-state index in [-0.39, 0.29) is 11.7 Å². The van der Waals surface area contributed by atoms with Gasteiger partial charge in [0, 0.05) is 30.9 Å². The fraction of sp³-hybridized carbons (Fsp3) is 0.435. The summed E-state index contributed by atoms with van der Waals surface area (Å²) in [5, 5.41) is 0. The van der Waals surface area contributed by atoms with Crippen LogP contribution in [-0.2, 0) is 11.2 Å². The molecule has 2 aromatic heterocycles. The summed E-state index contributed by atoms with van der Waals surface area (Å²) in [6.45, 7) is 6.89. The number of fused-ring (bicyclic) bond motifs is 1. The van der Waals surface area contributed by atoms with Gasteiger partial charge in [0.05, 0.1) is 23.8 Å². The van der Waals surface area contributed by atoms with Crippen molar-refractivity contribution in [1.82, 2.24) is 19.3 Å². The Morgan fingerprint density at radius 1 is 1.16 bits per heavy atom. The van der Waals surface area contributed by atoms with E-state index in [1.807, 2.05) is 27.0 Å². The lowest BCUT2D eigenvalue weighted by atomic mass is 9.92. The van der Waals surface area contributed by atoms with Crippen molar-refractivity contribution in [2.75, 3.05) is 13.1 Å². The summed E-state index contributed by atoms with van der Waals surface area (Å²) in [4.78, 5) is 22.8. The Kier molecular flexibility index (Phi) is 5.64. The van der Waals surface area contributed by atoms with Crippen molar-refractivity contribution in [3.05, 3.63) is 54.1 Å². The molecule has 1 fully saturated rings. The highest BCUT2D eigenvalue weighted by atomic mass is 19.1. The first-order chi connectivity index (χ1) is 14.7. The summed E-state index contributed by atoms with van der Waals surface area (Å²) >= 11 is 0. The van der Waals surface area contributed by atoms with Gasteiger partial charge in [0.1, 0.15) is 17.2 Å². The van der Waals surface area contributed by atoms with E-state index in [2.05, 4.69) is 9.97 Å². The third-order valence-electron chi connectivity index (χ3n) is 5.42. The lowest BCUT2D eigenvalue weighted by molar-refractivity contribution is 0.0184. The summed E-state index contributed by atoms with van der Waals surface area (Å²) in [6, 6.07) is 3.52. The molecule has 3 aromatic rings. The number of rotatable bonds is 3. The van der Waals surface area contributed by atoms with E-state index in [0.29, 0.717) is 30.3 Å². The number of nitrogens with zero attached hydrogens (tertiary/aromatic N) is 4. The highest BCUT2D eigenvalue weighted by Crippen LogP contribution is 2.26. The normalized spacial score (nSPS) is 15.5. The predicted octanol–water partition coefficient (Wildman–Crippen LogP) is 4.86. The second-order valence-corrected chi connectivity index (χ2v) is 8.99. The smallest absolute Gasteiger partial charge is 0.410 e. The fourth-order valence-corrected chi connectivity index (χ4v) is 3.87. The molecule has 1 saturated heterocycles. The Hall–Kier alpha value is -3.03. The molecule has 0 atom stereocenters. The average Bonchev–Trinajstić information content (AvgIpc) is 3.10. The van der Waals surface area contributed by atoms with Crippen molar-refractivity contribution in [3.63, 3.8) is 0 Å². The molecule has 6 nitrogen and oxygen atoms in total. The van der Waals surface area contributed by atoms with Crippen LogP contribution in [0.25, 0.3) is 16.9 Å². The van der Waals surface area contributed by atoms with E-state index < -0.39 is 17.2 Å². The Morgan fingerprint density at radius 3 is 2.58 bits per heavy atom. The largest absolute Gasteiger partial charge is 0.444 e. The van der Waals surface area contributed by atoms with E-state index in [4.69, 9.17) is 4.74 Å². The number of carbonyl (C=O) groups excluding carboxylic acids is 1. The van der Waals surface area contributed by atoms with Gasteiger partial charge in [-0.25, -0.2) is 18.6 Å². The number of amides is 1. The van der Waals surface area contributed by atoms with Crippen molar-refractivity contribution in [2.45, 2.75) is 45.6 Å². The number of halogens is 2. The highest BCUT2D eigenvalue weighted by molar-refractivity contribution is 5.68. The zero-order valence-corrected chi connectivity index (χ0v) is 17.9. The lowest BCUT2D eigenvalue weighted by Gasteiger charge is -2.33. The Balaban J connectivity index is 1.46. The maximum atomic E-state index is 14.3. The van der Waals surface area contributed by atoms with E-state index >= 15 is 0 Å². The van der Waals surface area contributed by atoms with Crippen LogP contribution in [-0.4, -0.2) is 44.1 Å². The van der Waals surface area contributed by atoms with Gasteiger partial charge in [0.25, 0.3) is 0 Å². The van der Waals surface area contributed by atoms with Gasteiger partial charge in [0.2, 0.25) is 0 Å². The predicted molar refractivity (Wildman–Crippen MR) is 113 cm³/mol. The lowest BCUT2D eigenvalue weighted by Crippen LogP contribution is -2.42. The Morgan fingerprint density at radius 2 is 1.90 bits per heavy atom. The van der Waals surface area contributed by atoms with Crippen LogP contribution in [0.1, 0.15) is 39.3 Å². The van der Waals surface area contributed by atoms with Crippen LogP contribution in [0.15, 0.2) is 36.8 Å². The highest BCUT2D eigenvalue weighted by Gasteiger charge is 2.27. The first kappa shape index (κ1) is 21.2. The number of hydrogen-bond donors (Lipinski definition) is 0. The molecule has 4 rings (SSSR count). The zero-order valence-electron chi connectivity index (χ0n) is 17.9. The molecule has 8 heteroatoms. The van der Waals surface area contributed by atoms with Gasteiger partial charge in [-0.1, -0.05) is 0 Å². The van der Waals surface area contributed by atoms with Crippen molar-refractivity contribution in [1.29, 1.82) is 0 Å². The second-order valence-electron chi connectivity index (χ2n) is 8.99. The van der Waals surface area contributed by atoms with Crippen molar-refractivity contribution in [3.8, 4) is 11.3 Å². The van der Waals surface area contributed by atoms with Gasteiger partial charge in [0.15, 0.2) is 5.65 Å². The van der Waals surface area contributed by atoms with Crippen LogP contribution in [0, 0.1) is 17.6 Å². The molecular formula is C23H26F2N4O2. The van der Waals surface area contributed by atoms with E-state index in [1.165, 1.54) is 12.1 Å². The molecule has 0 spiro atoms. The molecule has 164 valence electrons. The molecule has 3 heterocycles. The number of likely N-dealkylation sites (tertiary alicyclic amines) is 1. The van der Waals surface area contributed by atoms with Crippen LogP contribution in [0.5, 0.6) is 0 Å². The topological polar surface area (TPSA) is 59.7 Å². The molecule has 0 unspecified atom stereocenters.